The van der Waals surface area contributed by atoms with E-state index in [1.165, 1.54) is 11.8 Å². The summed E-state index contributed by atoms with van der Waals surface area (Å²) in [5.41, 5.74) is 2.03. The van der Waals surface area contributed by atoms with Crippen LogP contribution in [-0.4, -0.2) is 34.2 Å². The molecule has 0 aliphatic rings. The average Bonchev–Trinajstić information content (AvgIpc) is 2.93. The van der Waals surface area contributed by atoms with Gasteiger partial charge in [-0.1, -0.05) is 60.3 Å². The third-order valence-electron chi connectivity index (χ3n) is 5.63. The number of thioether (sulfide) groups is 1. The number of hydrogen-bond acceptors (Lipinski definition) is 6. The third kappa shape index (κ3) is 7.20. The van der Waals surface area contributed by atoms with Gasteiger partial charge in [-0.2, -0.15) is 0 Å². The summed E-state index contributed by atoms with van der Waals surface area (Å²) in [6.45, 7) is 0.774. The van der Waals surface area contributed by atoms with Crippen molar-refractivity contribution in [2.45, 2.75) is 31.1 Å². The molecule has 4 aromatic rings. The van der Waals surface area contributed by atoms with Crippen molar-refractivity contribution in [2.75, 3.05) is 18.2 Å². The van der Waals surface area contributed by atoms with E-state index in [-0.39, 0.29) is 29.5 Å². The first-order chi connectivity index (χ1) is 18.0. The van der Waals surface area contributed by atoms with E-state index in [0.717, 1.165) is 5.56 Å². The van der Waals surface area contributed by atoms with E-state index in [9.17, 15) is 14.4 Å². The second-order valence-electron chi connectivity index (χ2n) is 8.30. The molecule has 2 amide bonds. The number of hydrogen-bond donors (Lipinski definition) is 2. The number of carbonyl (C=O) groups is 2. The molecule has 9 heteroatoms. The van der Waals surface area contributed by atoms with Crippen LogP contribution in [-0.2, 0) is 22.7 Å². The SMILES string of the molecule is COc1cccc(NC(=O)CSc2nc3ccccc3c(=O)n2CCCC(=O)NCc2ccccc2)c1. The van der Waals surface area contributed by atoms with Crippen LogP contribution < -0.4 is 20.9 Å². The molecular weight excluding hydrogens is 488 g/mol. The normalized spacial score (nSPS) is 10.7. The number of aromatic nitrogens is 2. The number of ether oxygens (including phenoxy) is 1. The Morgan fingerprint density at radius 1 is 0.973 bits per heavy atom. The molecule has 0 saturated heterocycles. The highest BCUT2D eigenvalue weighted by atomic mass is 32.2. The molecule has 0 unspecified atom stereocenters. The first-order valence-corrected chi connectivity index (χ1v) is 12.9. The van der Waals surface area contributed by atoms with Crippen molar-refractivity contribution < 1.29 is 14.3 Å². The summed E-state index contributed by atoms with van der Waals surface area (Å²) in [4.78, 5) is 42.8. The van der Waals surface area contributed by atoms with Crippen LogP contribution in [0.25, 0.3) is 10.9 Å². The lowest BCUT2D eigenvalue weighted by molar-refractivity contribution is -0.121. The van der Waals surface area contributed by atoms with Gasteiger partial charge in [-0.15, -0.1) is 0 Å². The second kappa shape index (κ2) is 12.7. The minimum atomic E-state index is -0.229. The summed E-state index contributed by atoms with van der Waals surface area (Å²) in [5, 5.41) is 6.68. The number of nitrogens with zero attached hydrogens (tertiary/aromatic N) is 2. The topological polar surface area (TPSA) is 102 Å². The molecular formula is C28H28N4O4S. The fraction of sp³-hybridized carbons (Fsp3) is 0.214. The molecule has 0 atom stereocenters. The van der Waals surface area contributed by atoms with Crippen LogP contribution >= 0.6 is 11.8 Å². The van der Waals surface area contributed by atoms with E-state index in [4.69, 9.17) is 4.74 Å². The fourth-order valence-electron chi connectivity index (χ4n) is 3.77. The van der Waals surface area contributed by atoms with Gasteiger partial charge >= 0.3 is 0 Å². The number of fused-ring (bicyclic) bond motifs is 1. The van der Waals surface area contributed by atoms with Gasteiger partial charge in [0.2, 0.25) is 11.8 Å². The molecule has 4 rings (SSSR count). The highest BCUT2D eigenvalue weighted by Gasteiger charge is 2.14. The molecule has 0 aliphatic heterocycles. The first kappa shape index (κ1) is 26.0. The molecule has 190 valence electrons. The van der Waals surface area contributed by atoms with E-state index >= 15 is 0 Å². The van der Waals surface area contributed by atoms with Crippen molar-refractivity contribution in [1.82, 2.24) is 14.9 Å². The Labute approximate surface area is 219 Å². The molecule has 2 N–H and O–H groups in total. The van der Waals surface area contributed by atoms with Gasteiger partial charge in [-0.25, -0.2) is 4.98 Å². The quantitative estimate of drug-likeness (QED) is 0.228. The molecule has 1 heterocycles. The van der Waals surface area contributed by atoms with Gasteiger partial charge in [0.25, 0.3) is 5.56 Å². The Morgan fingerprint density at radius 2 is 1.76 bits per heavy atom. The zero-order valence-electron chi connectivity index (χ0n) is 20.5. The third-order valence-corrected chi connectivity index (χ3v) is 6.61. The van der Waals surface area contributed by atoms with E-state index < -0.39 is 0 Å². The lowest BCUT2D eigenvalue weighted by Gasteiger charge is -2.13. The van der Waals surface area contributed by atoms with Crippen molar-refractivity contribution in [3.63, 3.8) is 0 Å². The van der Waals surface area contributed by atoms with Crippen LogP contribution in [0.1, 0.15) is 18.4 Å². The van der Waals surface area contributed by atoms with Crippen molar-refractivity contribution in [3.8, 4) is 5.75 Å². The van der Waals surface area contributed by atoms with Gasteiger partial charge in [-0.3, -0.25) is 19.0 Å². The van der Waals surface area contributed by atoms with E-state index in [1.54, 1.807) is 54.1 Å². The number of amides is 2. The summed E-state index contributed by atoms with van der Waals surface area (Å²) < 4.78 is 6.75. The van der Waals surface area contributed by atoms with Crippen molar-refractivity contribution in [3.05, 3.63) is 94.8 Å². The number of benzene rings is 3. The van der Waals surface area contributed by atoms with Crippen LogP contribution in [0.3, 0.4) is 0 Å². The Morgan fingerprint density at radius 3 is 2.57 bits per heavy atom. The Hall–Kier alpha value is -4.11. The number of carbonyl (C=O) groups excluding carboxylic acids is 2. The Bertz CT molecular complexity index is 1440. The summed E-state index contributed by atoms with van der Waals surface area (Å²) in [5.74, 6) is 0.396. The molecule has 1 aromatic heterocycles. The smallest absolute Gasteiger partial charge is 0.262 e. The molecule has 3 aromatic carbocycles. The summed E-state index contributed by atoms with van der Waals surface area (Å²) in [6.07, 6.45) is 0.733. The maximum absolute atomic E-state index is 13.2. The largest absolute Gasteiger partial charge is 0.497 e. The van der Waals surface area contributed by atoms with Gasteiger partial charge in [0.05, 0.1) is 23.8 Å². The van der Waals surface area contributed by atoms with E-state index in [1.807, 2.05) is 36.4 Å². The minimum Gasteiger partial charge on any atom is -0.497 e. The molecule has 8 nitrogen and oxygen atoms in total. The lowest BCUT2D eigenvalue weighted by atomic mass is 10.2. The number of nitrogens with one attached hydrogen (secondary N) is 2. The summed E-state index contributed by atoms with van der Waals surface area (Å²) in [7, 11) is 1.56. The first-order valence-electron chi connectivity index (χ1n) is 11.9. The summed E-state index contributed by atoms with van der Waals surface area (Å²) >= 11 is 1.19. The maximum atomic E-state index is 13.2. The molecule has 0 aliphatic carbocycles. The Balaban J connectivity index is 1.41. The van der Waals surface area contributed by atoms with E-state index in [0.29, 0.717) is 47.0 Å². The number of methoxy groups -OCH3 is 1. The monoisotopic (exact) mass is 516 g/mol. The van der Waals surface area contributed by atoms with Gasteiger partial charge in [0.1, 0.15) is 5.75 Å². The van der Waals surface area contributed by atoms with Crippen LogP contribution in [0.2, 0.25) is 0 Å². The summed E-state index contributed by atoms with van der Waals surface area (Å²) in [6, 6.07) is 23.9. The van der Waals surface area contributed by atoms with Gasteiger partial charge < -0.3 is 15.4 Å². The standard InChI is InChI=1S/C28H28N4O4S/c1-36-22-12-7-11-21(17-22)30-26(34)19-37-28-31-24-14-6-5-13-23(24)27(35)32(28)16-8-15-25(33)29-18-20-9-3-2-4-10-20/h2-7,9-14,17H,8,15-16,18-19H2,1H3,(H,29,33)(H,30,34). The Kier molecular flexibility index (Phi) is 8.93. The van der Waals surface area contributed by atoms with Crippen molar-refractivity contribution in [1.29, 1.82) is 0 Å². The van der Waals surface area contributed by atoms with Crippen molar-refractivity contribution >= 4 is 40.2 Å². The van der Waals surface area contributed by atoms with Crippen LogP contribution in [0.15, 0.2) is 88.8 Å². The predicted octanol–water partition coefficient (Wildman–Crippen LogP) is 4.23. The van der Waals surface area contributed by atoms with Crippen LogP contribution in [0, 0.1) is 0 Å². The highest BCUT2D eigenvalue weighted by molar-refractivity contribution is 7.99. The fourth-order valence-corrected chi connectivity index (χ4v) is 4.59. The molecule has 0 saturated carbocycles. The number of anilines is 1. The lowest BCUT2D eigenvalue weighted by Crippen LogP contribution is -2.26. The minimum absolute atomic E-state index is 0.0690. The second-order valence-corrected chi connectivity index (χ2v) is 9.25. The predicted molar refractivity (Wildman–Crippen MR) is 146 cm³/mol. The van der Waals surface area contributed by atoms with E-state index in [2.05, 4.69) is 15.6 Å². The van der Waals surface area contributed by atoms with Gasteiger partial charge in [-0.05, 0) is 36.2 Å². The zero-order chi connectivity index (χ0) is 26.0. The van der Waals surface area contributed by atoms with Crippen molar-refractivity contribution in [2.24, 2.45) is 0 Å². The van der Waals surface area contributed by atoms with Gasteiger partial charge in [0, 0.05) is 31.3 Å². The maximum Gasteiger partial charge on any atom is 0.262 e. The molecule has 0 fully saturated rings. The molecule has 0 spiro atoms. The molecule has 0 bridgehead atoms. The average molecular weight is 517 g/mol. The zero-order valence-corrected chi connectivity index (χ0v) is 21.3. The molecule has 0 radical (unpaired) electrons. The van der Waals surface area contributed by atoms with Crippen LogP contribution in [0.5, 0.6) is 5.75 Å². The number of rotatable bonds is 11. The highest BCUT2D eigenvalue weighted by Crippen LogP contribution is 2.20. The van der Waals surface area contributed by atoms with Crippen LogP contribution in [0.4, 0.5) is 5.69 Å². The number of para-hydroxylation sites is 1. The molecule has 37 heavy (non-hydrogen) atoms. The van der Waals surface area contributed by atoms with Gasteiger partial charge in [0.15, 0.2) is 5.16 Å².